The molecular formula is C15H25ClN2OS. The molecule has 5 heteroatoms. The van der Waals surface area contributed by atoms with Crippen LogP contribution in [0, 0.1) is 0 Å². The Bertz CT molecular complexity index is 375. The van der Waals surface area contributed by atoms with Gasteiger partial charge in [0.25, 0.3) is 0 Å². The number of carbonyl (C=O) groups excluding carboxylic acids is 1. The van der Waals surface area contributed by atoms with Crippen molar-refractivity contribution in [2.45, 2.75) is 38.8 Å². The lowest BCUT2D eigenvalue weighted by atomic mass is 10.0. The van der Waals surface area contributed by atoms with Crippen LogP contribution in [0.3, 0.4) is 0 Å². The van der Waals surface area contributed by atoms with Crippen LogP contribution in [0.1, 0.15) is 38.3 Å². The van der Waals surface area contributed by atoms with Crippen molar-refractivity contribution >= 4 is 30.1 Å². The van der Waals surface area contributed by atoms with E-state index in [-0.39, 0.29) is 30.4 Å². The molecule has 0 heterocycles. The molecule has 0 aromatic heterocycles. The molecule has 1 aromatic rings. The first-order valence-corrected chi connectivity index (χ1v) is 7.96. The van der Waals surface area contributed by atoms with Gasteiger partial charge in [0, 0.05) is 18.5 Å². The largest absolute Gasteiger partial charge is 0.354 e. The molecule has 1 rings (SSSR count). The van der Waals surface area contributed by atoms with Gasteiger partial charge in [0.2, 0.25) is 5.91 Å². The second-order valence-electron chi connectivity index (χ2n) is 4.68. The van der Waals surface area contributed by atoms with Crippen LogP contribution in [0.4, 0.5) is 0 Å². The van der Waals surface area contributed by atoms with E-state index in [0.717, 1.165) is 23.5 Å². The van der Waals surface area contributed by atoms with Gasteiger partial charge in [-0.05, 0) is 30.4 Å². The minimum absolute atomic E-state index is 0. The Kier molecular flexibility index (Phi) is 10.6. The fraction of sp³-hybridized carbons (Fsp3) is 0.533. The van der Waals surface area contributed by atoms with Crippen LogP contribution in [0.15, 0.2) is 30.3 Å². The van der Waals surface area contributed by atoms with Crippen LogP contribution in [0.25, 0.3) is 0 Å². The summed E-state index contributed by atoms with van der Waals surface area (Å²) in [7, 11) is 0. The number of rotatable bonds is 8. The molecule has 0 aliphatic rings. The highest BCUT2D eigenvalue weighted by Crippen LogP contribution is 2.13. The first kappa shape index (κ1) is 19.3. The summed E-state index contributed by atoms with van der Waals surface area (Å²) in [5.74, 6) is 2.24. The van der Waals surface area contributed by atoms with Crippen molar-refractivity contribution in [3.05, 3.63) is 35.9 Å². The Hall–Kier alpha value is -0.710. The highest BCUT2D eigenvalue weighted by atomic mass is 35.5. The van der Waals surface area contributed by atoms with Gasteiger partial charge < -0.3 is 11.1 Å². The van der Waals surface area contributed by atoms with Crippen molar-refractivity contribution in [2.24, 2.45) is 5.73 Å². The molecule has 3 nitrogen and oxygen atoms in total. The maximum absolute atomic E-state index is 11.9. The van der Waals surface area contributed by atoms with E-state index >= 15 is 0 Å². The zero-order valence-electron chi connectivity index (χ0n) is 12.2. The molecule has 2 unspecified atom stereocenters. The van der Waals surface area contributed by atoms with Crippen molar-refractivity contribution in [2.75, 3.05) is 11.5 Å². The van der Waals surface area contributed by atoms with Gasteiger partial charge in [-0.2, -0.15) is 11.8 Å². The summed E-state index contributed by atoms with van der Waals surface area (Å²) < 4.78 is 0. The van der Waals surface area contributed by atoms with Crippen molar-refractivity contribution in [3.63, 3.8) is 0 Å². The molecule has 20 heavy (non-hydrogen) atoms. The Morgan fingerprint density at radius 2 is 2.00 bits per heavy atom. The predicted octanol–water partition coefficient (Wildman–Crippen LogP) is 3.15. The molecule has 0 aliphatic heterocycles. The predicted molar refractivity (Wildman–Crippen MR) is 90.5 cm³/mol. The second-order valence-corrected chi connectivity index (χ2v) is 6.07. The maximum atomic E-state index is 11.9. The van der Waals surface area contributed by atoms with Crippen molar-refractivity contribution in [1.29, 1.82) is 0 Å². The number of benzene rings is 1. The van der Waals surface area contributed by atoms with E-state index in [4.69, 9.17) is 5.73 Å². The Balaban J connectivity index is 0.00000361. The summed E-state index contributed by atoms with van der Waals surface area (Å²) in [6.07, 6.45) is 1.35. The SMILES string of the molecule is CCSCCC(C)NC(=O)CC(N)c1ccccc1.Cl. The van der Waals surface area contributed by atoms with E-state index in [0.29, 0.717) is 6.42 Å². The number of hydrogen-bond donors (Lipinski definition) is 2. The molecule has 0 fully saturated rings. The van der Waals surface area contributed by atoms with Gasteiger partial charge in [0.15, 0.2) is 0 Å². The zero-order valence-corrected chi connectivity index (χ0v) is 13.8. The van der Waals surface area contributed by atoms with Gasteiger partial charge in [-0.1, -0.05) is 37.3 Å². The highest BCUT2D eigenvalue weighted by Gasteiger charge is 2.13. The molecule has 2 atom stereocenters. The van der Waals surface area contributed by atoms with E-state index in [9.17, 15) is 4.79 Å². The quantitative estimate of drug-likeness (QED) is 0.724. The summed E-state index contributed by atoms with van der Waals surface area (Å²) in [5.41, 5.74) is 7.03. The number of halogens is 1. The second kappa shape index (κ2) is 11.0. The van der Waals surface area contributed by atoms with Crippen LogP contribution in [-0.2, 0) is 4.79 Å². The fourth-order valence-corrected chi connectivity index (χ4v) is 2.64. The summed E-state index contributed by atoms with van der Waals surface area (Å²) >= 11 is 1.90. The molecule has 3 N–H and O–H groups in total. The van der Waals surface area contributed by atoms with E-state index in [1.807, 2.05) is 49.0 Å². The van der Waals surface area contributed by atoms with Crippen LogP contribution in [0.5, 0.6) is 0 Å². The molecule has 0 radical (unpaired) electrons. The highest BCUT2D eigenvalue weighted by molar-refractivity contribution is 7.99. The monoisotopic (exact) mass is 316 g/mol. The minimum atomic E-state index is -0.224. The standard InChI is InChI=1S/C15H24N2OS.ClH/c1-3-19-10-9-12(2)17-15(18)11-14(16)13-7-5-4-6-8-13;/h4-8,12,14H,3,9-11,16H2,1-2H3,(H,17,18);1H. The molecule has 1 aromatic carbocycles. The summed E-state index contributed by atoms with van der Waals surface area (Å²) in [6, 6.07) is 9.74. The molecule has 0 spiro atoms. The molecule has 0 saturated carbocycles. The summed E-state index contributed by atoms with van der Waals surface area (Å²) in [6.45, 7) is 4.19. The Morgan fingerprint density at radius 3 is 2.60 bits per heavy atom. The molecule has 0 aliphatic carbocycles. The van der Waals surface area contributed by atoms with E-state index in [2.05, 4.69) is 12.2 Å². The van der Waals surface area contributed by atoms with Gasteiger partial charge in [-0.15, -0.1) is 12.4 Å². The van der Waals surface area contributed by atoms with Gasteiger partial charge in [0.05, 0.1) is 0 Å². The third kappa shape index (κ3) is 7.78. The summed E-state index contributed by atoms with van der Waals surface area (Å²) in [4.78, 5) is 11.9. The lowest BCUT2D eigenvalue weighted by molar-refractivity contribution is -0.122. The van der Waals surface area contributed by atoms with Crippen molar-refractivity contribution in [3.8, 4) is 0 Å². The Labute approximate surface area is 132 Å². The number of nitrogens with one attached hydrogen (secondary N) is 1. The first-order valence-electron chi connectivity index (χ1n) is 6.81. The lowest BCUT2D eigenvalue weighted by Crippen LogP contribution is -2.34. The van der Waals surface area contributed by atoms with Gasteiger partial charge in [0.1, 0.15) is 0 Å². The number of thioether (sulfide) groups is 1. The Morgan fingerprint density at radius 1 is 1.35 bits per heavy atom. The average molecular weight is 317 g/mol. The minimum Gasteiger partial charge on any atom is -0.354 e. The molecule has 0 saturated heterocycles. The average Bonchev–Trinajstić information content (AvgIpc) is 2.39. The van der Waals surface area contributed by atoms with E-state index in [1.165, 1.54) is 0 Å². The molecular weight excluding hydrogens is 292 g/mol. The van der Waals surface area contributed by atoms with E-state index < -0.39 is 0 Å². The topological polar surface area (TPSA) is 55.1 Å². The maximum Gasteiger partial charge on any atom is 0.222 e. The lowest BCUT2D eigenvalue weighted by Gasteiger charge is -2.16. The molecule has 0 bridgehead atoms. The van der Waals surface area contributed by atoms with Crippen LogP contribution in [0.2, 0.25) is 0 Å². The third-order valence-corrected chi connectivity index (χ3v) is 3.87. The number of carbonyl (C=O) groups is 1. The smallest absolute Gasteiger partial charge is 0.222 e. The first-order chi connectivity index (χ1) is 9.13. The van der Waals surface area contributed by atoms with Gasteiger partial charge in [-0.3, -0.25) is 4.79 Å². The number of amides is 1. The zero-order chi connectivity index (χ0) is 14.1. The van der Waals surface area contributed by atoms with Crippen molar-refractivity contribution < 1.29 is 4.79 Å². The van der Waals surface area contributed by atoms with Crippen LogP contribution < -0.4 is 11.1 Å². The van der Waals surface area contributed by atoms with E-state index in [1.54, 1.807) is 0 Å². The fourth-order valence-electron chi connectivity index (χ4n) is 1.83. The van der Waals surface area contributed by atoms with Crippen LogP contribution in [-0.4, -0.2) is 23.5 Å². The van der Waals surface area contributed by atoms with Crippen LogP contribution >= 0.6 is 24.2 Å². The molecule has 114 valence electrons. The number of hydrogen-bond acceptors (Lipinski definition) is 3. The van der Waals surface area contributed by atoms with Crippen molar-refractivity contribution in [1.82, 2.24) is 5.32 Å². The van der Waals surface area contributed by atoms with Gasteiger partial charge in [-0.25, -0.2) is 0 Å². The van der Waals surface area contributed by atoms with Gasteiger partial charge >= 0.3 is 0 Å². The summed E-state index contributed by atoms with van der Waals surface area (Å²) in [5, 5.41) is 3.01. The number of nitrogens with two attached hydrogens (primary N) is 1. The third-order valence-electron chi connectivity index (χ3n) is 2.94. The normalized spacial score (nSPS) is 13.2. The molecule has 1 amide bonds.